The lowest BCUT2D eigenvalue weighted by Gasteiger charge is -2.15. The average molecular weight is 484 g/mol. The SMILES string of the molecule is O=C(COc1cccc(NC(=O)C2CC2)c1)NCc1ccccc1-c1ccc(CN2CCCC2)cc1. The Hall–Kier alpha value is -3.64. The highest BCUT2D eigenvalue weighted by Crippen LogP contribution is 2.30. The Morgan fingerprint density at radius 1 is 0.917 bits per heavy atom. The zero-order valence-electron chi connectivity index (χ0n) is 20.5. The number of nitrogens with one attached hydrogen (secondary N) is 2. The van der Waals surface area contributed by atoms with Crippen molar-refractivity contribution in [3.63, 3.8) is 0 Å². The van der Waals surface area contributed by atoms with Gasteiger partial charge >= 0.3 is 0 Å². The van der Waals surface area contributed by atoms with Gasteiger partial charge in [-0.3, -0.25) is 14.5 Å². The highest BCUT2D eigenvalue weighted by atomic mass is 16.5. The summed E-state index contributed by atoms with van der Waals surface area (Å²) in [4.78, 5) is 27.0. The summed E-state index contributed by atoms with van der Waals surface area (Å²) < 4.78 is 5.67. The third-order valence-corrected chi connectivity index (χ3v) is 6.78. The molecule has 1 saturated heterocycles. The van der Waals surface area contributed by atoms with Gasteiger partial charge in [0.2, 0.25) is 5.91 Å². The minimum absolute atomic E-state index is 0.0461. The van der Waals surface area contributed by atoms with E-state index in [1.165, 1.54) is 31.5 Å². The second-order valence-corrected chi connectivity index (χ2v) is 9.69. The number of anilines is 1. The van der Waals surface area contributed by atoms with E-state index in [4.69, 9.17) is 4.74 Å². The first-order chi connectivity index (χ1) is 17.6. The van der Waals surface area contributed by atoms with E-state index in [2.05, 4.69) is 45.9 Å². The van der Waals surface area contributed by atoms with E-state index in [9.17, 15) is 9.59 Å². The molecule has 0 unspecified atom stereocenters. The number of amides is 2. The summed E-state index contributed by atoms with van der Waals surface area (Å²) in [6, 6.07) is 24.1. The van der Waals surface area contributed by atoms with Gasteiger partial charge in [0, 0.05) is 30.8 Å². The Bertz CT molecular complexity index is 1200. The van der Waals surface area contributed by atoms with Crippen LogP contribution < -0.4 is 15.4 Å². The van der Waals surface area contributed by atoms with Crippen molar-refractivity contribution < 1.29 is 14.3 Å². The first kappa shape index (κ1) is 24.1. The van der Waals surface area contributed by atoms with E-state index in [1.54, 1.807) is 12.1 Å². The number of likely N-dealkylation sites (tertiary alicyclic amines) is 1. The number of nitrogens with zero attached hydrogens (tertiary/aromatic N) is 1. The van der Waals surface area contributed by atoms with E-state index in [1.807, 2.05) is 30.3 Å². The number of carbonyl (C=O) groups is 2. The molecule has 0 atom stereocenters. The number of ether oxygens (including phenoxy) is 1. The Balaban J connectivity index is 1.14. The van der Waals surface area contributed by atoms with Crippen LogP contribution in [0.5, 0.6) is 5.75 Å². The van der Waals surface area contributed by atoms with Crippen LogP contribution in [0.2, 0.25) is 0 Å². The summed E-state index contributed by atoms with van der Waals surface area (Å²) in [6.45, 7) is 3.72. The van der Waals surface area contributed by atoms with Gasteiger partial charge in [-0.05, 0) is 73.2 Å². The molecule has 1 heterocycles. The summed E-state index contributed by atoms with van der Waals surface area (Å²) in [5.41, 5.74) is 5.34. The van der Waals surface area contributed by atoms with Gasteiger partial charge in [0.25, 0.3) is 5.91 Å². The fraction of sp³-hybridized carbons (Fsp3) is 0.333. The molecule has 2 amide bonds. The van der Waals surface area contributed by atoms with Crippen LogP contribution in [-0.2, 0) is 22.7 Å². The molecule has 1 saturated carbocycles. The molecular formula is C30H33N3O3. The molecule has 2 fully saturated rings. The Morgan fingerprint density at radius 2 is 1.69 bits per heavy atom. The van der Waals surface area contributed by atoms with Crippen molar-refractivity contribution in [1.82, 2.24) is 10.2 Å². The summed E-state index contributed by atoms with van der Waals surface area (Å²) in [5, 5.41) is 5.87. The van der Waals surface area contributed by atoms with Gasteiger partial charge < -0.3 is 15.4 Å². The summed E-state index contributed by atoms with van der Waals surface area (Å²) in [7, 11) is 0. The largest absolute Gasteiger partial charge is 0.484 e. The van der Waals surface area contributed by atoms with Crippen LogP contribution in [0.4, 0.5) is 5.69 Å². The predicted octanol–water partition coefficient (Wildman–Crippen LogP) is 4.99. The van der Waals surface area contributed by atoms with Crippen LogP contribution in [0.15, 0.2) is 72.8 Å². The maximum atomic E-state index is 12.5. The number of carbonyl (C=O) groups excluding carboxylic acids is 2. The second kappa shape index (κ2) is 11.4. The topological polar surface area (TPSA) is 70.7 Å². The third-order valence-electron chi connectivity index (χ3n) is 6.78. The number of hydrogen-bond donors (Lipinski definition) is 2. The molecule has 3 aromatic rings. The molecule has 5 rings (SSSR count). The van der Waals surface area contributed by atoms with Gasteiger partial charge in [0.15, 0.2) is 6.61 Å². The average Bonchev–Trinajstić information content (AvgIpc) is 3.64. The molecule has 1 aliphatic heterocycles. The molecule has 0 radical (unpaired) electrons. The molecule has 0 spiro atoms. The molecule has 6 nitrogen and oxygen atoms in total. The van der Waals surface area contributed by atoms with E-state index in [-0.39, 0.29) is 24.3 Å². The zero-order valence-corrected chi connectivity index (χ0v) is 20.5. The predicted molar refractivity (Wildman–Crippen MR) is 142 cm³/mol. The van der Waals surface area contributed by atoms with Gasteiger partial charge in [-0.25, -0.2) is 0 Å². The lowest BCUT2D eigenvalue weighted by Crippen LogP contribution is -2.28. The fourth-order valence-corrected chi connectivity index (χ4v) is 4.59. The summed E-state index contributed by atoms with van der Waals surface area (Å²) in [5.74, 6) is 0.534. The quantitative estimate of drug-likeness (QED) is 0.426. The van der Waals surface area contributed by atoms with Gasteiger partial charge in [0.1, 0.15) is 5.75 Å². The maximum Gasteiger partial charge on any atom is 0.258 e. The van der Waals surface area contributed by atoms with Crippen molar-refractivity contribution in [3.8, 4) is 16.9 Å². The van der Waals surface area contributed by atoms with Gasteiger partial charge in [-0.1, -0.05) is 54.6 Å². The normalized spacial score (nSPS) is 15.4. The molecule has 0 aromatic heterocycles. The molecule has 2 N–H and O–H groups in total. The molecular weight excluding hydrogens is 450 g/mol. The van der Waals surface area contributed by atoms with Crippen molar-refractivity contribution in [2.45, 2.75) is 38.8 Å². The van der Waals surface area contributed by atoms with Crippen LogP contribution >= 0.6 is 0 Å². The number of rotatable bonds is 10. The molecule has 6 heteroatoms. The lowest BCUT2D eigenvalue weighted by molar-refractivity contribution is -0.123. The van der Waals surface area contributed by atoms with Gasteiger partial charge in [-0.2, -0.15) is 0 Å². The number of hydrogen-bond acceptors (Lipinski definition) is 4. The monoisotopic (exact) mass is 483 g/mol. The first-order valence-corrected chi connectivity index (χ1v) is 12.8. The van der Waals surface area contributed by atoms with Crippen LogP contribution in [0, 0.1) is 5.92 Å². The van der Waals surface area contributed by atoms with E-state index >= 15 is 0 Å². The van der Waals surface area contributed by atoms with Crippen LogP contribution in [0.3, 0.4) is 0 Å². The number of benzene rings is 3. The fourth-order valence-electron chi connectivity index (χ4n) is 4.59. The van der Waals surface area contributed by atoms with Crippen LogP contribution in [0.25, 0.3) is 11.1 Å². The highest BCUT2D eigenvalue weighted by Gasteiger charge is 2.29. The molecule has 186 valence electrons. The van der Waals surface area contributed by atoms with Crippen LogP contribution in [-0.4, -0.2) is 36.4 Å². The zero-order chi connectivity index (χ0) is 24.7. The Morgan fingerprint density at radius 3 is 2.47 bits per heavy atom. The van der Waals surface area contributed by atoms with Gasteiger partial charge in [0.05, 0.1) is 0 Å². The smallest absolute Gasteiger partial charge is 0.258 e. The van der Waals surface area contributed by atoms with Crippen molar-refractivity contribution in [2.24, 2.45) is 5.92 Å². The maximum absolute atomic E-state index is 12.5. The Kier molecular flexibility index (Phi) is 7.62. The molecule has 2 aliphatic rings. The first-order valence-electron chi connectivity index (χ1n) is 12.8. The molecule has 36 heavy (non-hydrogen) atoms. The Labute approximate surface area is 212 Å². The highest BCUT2D eigenvalue weighted by molar-refractivity contribution is 5.94. The minimum atomic E-state index is -0.196. The lowest BCUT2D eigenvalue weighted by atomic mass is 9.98. The minimum Gasteiger partial charge on any atom is -0.484 e. The van der Waals surface area contributed by atoms with Crippen molar-refractivity contribution in [3.05, 3.63) is 83.9 Å². The second-order valence-electron chi connectivity index (χ2n) is 9.69. The van der Waals surface area contributed by atoms with E-state index < -0.39 is 0 Å². The molecule has 0 bridgehead atoms. The summed E-state index contributed by atoms with van der Waals surface area (Å²) >= 11 is 0. The standard InChI is InChI=1S/C30H33N3O3/c34-29(21-36-27-8-5-7-26(18-27)32-30(35)24-14-15-24)31-19-25-6-1-2-9-28(25)23-12-10-22(11-13-23)20-33-16-3-4-17-33/h1-2,5-13,18,24H,3-4,14-17,19-21H2,(H,31,34)(H,32,35). The summed E-state index contributed by atoms with van der Waals surface area (Å²) in [6.07, 6.45) is 4.51. The van der Waals surface area contributed by atoms with Crippen molar-refractivity contribution >= 4 is 17.5 Å². The van der Waals surface area contributed by atoms with Crippen LogP contribution in [0.1, 0.15) is 36.8 Å². The van der Waals surface area contributed by atoms with Gasteiger partial charge in [-0.15, -0.1) is 0 Å². The van der Waals surface area contributed by atoms with E-state index in [0.717, 1.165) is 36.1 Å². The van der Waals surface area contributed by atoms with Crippen molar-refractivity contribution in [1.29, 1.82) is 0 Å². The van der Waals surface area contributed by atoms with E-state index in [0.29, 0.717) is 18.0 Å². The molecule has 1 aliphatic carbocycles. The van der Waals surface area contributed by atoms with Crippen molar-refractivity contribution in [2.75, 3.05) is 25.0 Å². The molecule has 3 aromatic carbocycles. The third kappa shape index (κ3) is 6.52.